The summed E-state index contributed by atoms with van der Waals surface area (Å²) < 4.78 is 27.6. The zero-order valence-corrected chi connectivity index (χ0v) is 13.3. The van der Waals surface area contributed by atoms with E-state index in [-0.39, 0.29) is 5.75 Å². The van der Waals surface area contributed by atoms with Crippen LogP contribution in [0, 0.1) is 14.9 Å². The Morgan fingerprint density at radius 2 is 1.75 bits per heavy atom. The molecule has 0 aliphatic rings. The molecule has 0 aliphatic heterocycles. The lowest BCUT2D eigenvalue weighted by molar-refractivity contribution is 0.600. The number of nitrogens with zero attached hydrogens (tertiary/aromatic N) is 1. The van der Waals surface area contributed by atoms with Crippen LogP contribution in [0.3, 0.4) is 0 Å². The Labute approximate surface area is 131 Å². The molecule has 2 aromatic rings. The summed E-state index contributed by atoms with van der Waals surface area (Å²) in [6.45, 7) is 0. The summed E-state index contributed by atoms with van der Waals surface area (Å²) >= 11 is 2.08. The van der Waals surface area contributed by atoms with Crippen molar-refractivity contribution in [1.29, 1.82) is 5.26 Å². The van der Waals surface area contributed by atoms with Crippen molar-refractivity contribution in [3.63, 3.8) is 0 Å². The smallest absolute Gasteiger partial charge is 0.236 e. The Kier molecular flexibility index (Phi) is 4.62. The zero-order chi connectivity index (χ0) is 14.6. The van der Waals surface area contributed by atoms with Gasteiger partial charge in [0, 0.05) is 3.57 Å². The van der Waals surface area contributed by atoms with Gasteiger partial charge < -0.3 is 0 Å². The molecule has 20 heavy (non-hydrogen) atoms. The predicted molar refractivity (Wildman–Crippen MR) is 86.6 cm³/mol. The van der Waals surface area contributed by atoms with Crippen LogP contribution in [0.2, 0.25) is 0 Å². The van der Waals surface area contributed by atoms with Crippen LogP contribution in [0.15, 0.2) is 48.5 Å². The van der Waals surface area contributed by atoms with Gasteiger partial charge in [0.05, 0.1) is 23.1 Å². The van der Waals surface area contributed by atoms with E-state index in [9.17, 15) is 8.42 Å². The fourth-order valence-corrected chi connectivity index (χ4v) is 3.56. The van der Waals surface area contributed by atoms with Gasteiger partial charge in [-0.15, -0.1) is 0 Å². The number of halogens is 1. The number of nitrogens with one attached hydrogen (secondary N) is 1. The Hall–Kier alpha value is -1.59. The molecule has 0 fully saturated rings. The van der Waals surface area contributed by atoms with Crippen LogP contribution in [0.5, 0.6) is 0 Å². The first-order chi connectivity index (χ1) is 9.50. The molecule has 0 heterocycles. The van der Waals surface area contributed by atoms with E-state index in [0.717, 1.165) is 3.57 Å². The molecular weight excluding hydrogens is 387 g/mol. The molecule has 0 aliphatic carbocycles. The lowest BCUT2D eigenvalue weighted by atomic mass is 10.2. The van der Waals surface area contributed by atoms with Gasteiger partial charge >= 0.3 is 0 Å². The van der Waals surface area contributed by atoms with Gasteiger partial charge in [-0.1, -0.05) is 24.3 Å². The molecule has 0 amide bonds. The predicted octanol–water partition coefficient (Wildman–Crippen LogP) is 3.10. The fourth-order valence-electron chi connectivity index (χ4n) is 1.64. The van der Waals surface area contributed by atoms with Crippen LogP contribution in [-0.4, -0.2) is 8.42 Å². The molecule has 1 N–H and O–H groups in total. The lowest BCUT2D eigenvalue weighted by Gasteiger charge is -2.09. The summed E-state index contributed by atoms with van der Waals surface area (Å²) in [6, 6.07) is 15.7. The first kappa shape index (κ1) is 14.8. The Morgan fingerprint density at radius 3 is 2.35 bits per heavy atom. The second kappa shape index (κ2) is 6.24. The van der Waals surface area contributed by atoms with Crippen molar-refractivity contribution in [2.24, 2.45) is 0 Å². The van der Waals surface area contributed by atoms with Gasteiger partial charge in [-0.3, -0.25) is 4.72 Å². The highest BCUT2D eigenvalue weighted by Crippen LogP contribution is 2.19. The molecule has 4 nitrogen and oxygen atoms in total. The summed E-state index contributed by atoms with van der Waals surface area (Å²) in [5, 5.41) is 8.71. The molecule has 0 bridgehead atoms. The number of benzene rings is 2. The van der Waals surface area contributed by atoms with Crippen molar-refractivity contribution >= 4 is 38.3 Å². The fraction of sp³-hybridized carbons (Fsp3) is 0.0714. The number of para-hydroxylation sites is 1. The first-order valence-corrected chi connectivity index (χ1v) is 8.47. The lowest BCUT2D eigenvalue weighted by Crippen LogP contribution is -2.15. The van der Waals surface area contributed by atoms with Crippen LogP contribution >= 0.6 is 22.6 Å². The summed E-state index contributed by atoms with van der Waals surface area (Å²) in [6.07, 6.45) is 0. The van der Waals surface area contributed by atoms with Crippen LogP contribution in [0.1, 0.15) is 11.1 Å². The summed E-state index contributed by atoms with van der Waals surface area (Å²) in [7, 11) is -3.47. The third kappa shape index (κ3) is 3.95. The maximum Gasteiger partial charge on any atom is 0.236 e. The highest BCUT2D eigenvalue weighted by Gasteiger charge is 2.13. The number of anilines is 1. The molecule has 0 atom stereocenters. The van der Waals surface area contributed by atoms with Crippen LogP contribution < -0.4 is 4.72 Å². The van der Waals surface area contributed by atoms with E-state index in [2.05, 4.69) is 27.3 Å². The molecule has 102 valence electrons. The SMILES string of the molecule is N#Cc1ccc(CS(=O)(=O)Nc2ccccc2I)cc1. The molecule has 6 heteroatoms. The number of sulfonamides is 1. The van der Waals surface area contributed by atoms with Gasteiger partial charge in [0.25, 0.3) is 0 Å². The minimum atomic E-state index is -3.47. The normalized spacial score (nSPS) is 10.8. The standard InChI is InChI=1S/C14H11IN2O2S/c15-13-3-1-2-4-14(13)17-20(18,19)10-12-7-5-11(9-16)6-8-12/h1-8,17H,10H2. The molecule has 0 saturated heterocycles. The topological polar surface area (TPSA) is 70.0 Å². The first-order valence-electron chi connectivity index (χ1n) is 5.74. The molecule has 0 unspecified atom stereocenters. The number of hydrogen-bond donors (Lipinski definition) is 1. The Morgan fingerprint density at radius 1 is 1.10 bits per heavy atom. The monoisotopic (exact) mass is 398 g/mol. The molecule has 2 aromatic carbocycles. The minimum Gasteiger partial charge on any atom is -0.282 e. The summed E-state index contributed by atoms with van der Waals surface area (Å²) in [4.78, 5) is 0. The van der Waals surface area contributed by atoms with Gasteiger partial charge in [-0.05, 0) is 52.4 Å². The van der Waals surface area contributed by atoms with Gasteiger partial charge in [0.15, 0.2) is 0 Å². The highest BCUT2D eigenvalue weighted by atomic mass is 127. The molecule has 0 radical (unpaired) electrons. The Bertz CT molecular complexity index is 749. The van der Waals surface area contributed by atoms with Crippen LogP contribution in [0.4, 0.5) is 5.69 Å². The second-order valence-electron chi connectivity index (χ2n) is 4.15. The quantitative estimate of drug-likeness (QED) is 0.805. The van der Waals surface area contributed by atoms with Crippen molar-refractivity contribution in [3.8, 4) is 6.07 Å². The minimum absolute atomic E-state index is 0.121. The largest absolute Gasteiger partial charge is 0.282 e. The van der Waals surface area contributed by atoms with Crippen LogP contribution in [0.25, 0.3) is 0 Å². The van der Waals surface area contributed by atoms with Crippen molar-refractivity contribution in [2.45, 2.75) is 5.75 Å². The van der Waals surface area contributed by atoms with E-state index in [1.54, 1.807) is 36.4 Å². The molecular formula is C14H11IN2O2S. The van der Waals surface area contributed by atoms with Crippen molar-refractivity contribution < 1.29 is 8.42 Å². The van der Waals surface area contributed by atoms with E-state index >= 15 is 0 Å². The van der Waals surface area contributed by atoms with E-state index in [1.165, 1.54) is 0 Å². The highest BCUT2D eigenvalue weighted by molar-refractivity contribution is 14.1. The second-order valence-corrected chi connectivity index (χ2v) is 7.03. The van der Waals surface area contributed by atoms with E-state index in [1.807, 2.05) is 18.2 Å². The average molecular weight is 398 g/mol. The van der Waals surface area contributed by atoms with E-state index in [0.29, 0.717) is 16.8 Å². The van der Waals surface area contributed by atoms with E-state index < -0.39 is 10.0 Å². The third-order valence-corrected chi connectivity index (χ3v) is 4.76. The maximum atomic E-state index is 12.1. The number of hydrogen-bond acceptors (Lipinski definition) is 3. The third-order valence-electron chi connectivity index (χ3n) is 2.58. The number of rotatable bonds is 4. The molecule has 0 spiro atoms. The van der Waals surface area contributed by atoms with Gasteiger partial charge in [-0.25, -0.2) is 8.42 Å². The van der Waals surface area contributed by atoms with Crippen LogP contribution in [-0.2, 0) is 15.8 Å². The Balaban J connectivity index is 2.15. The van der Waals surface area contributed by atoms with Gasteiger partial charge in [0.2, 0.25) is 10.0 Å². The van der Waals surface area contributed by atoms with E-state index in [4.69, 9.17) is 5.26 Å². The molecule has 0 saturated carbocycles. The van der Waals surface area contributed by atoms with Crippen molar-refractivity contribution in [2.75, 3.05) is 4.72 Å². The summed E-state index contributed by atoms with van der Waals surface area (Å²) in [5.74, 6) is -0.121. The van der Waals surface area contributed by atoms with Crippen molar-refractivity contribution in [1.82, 2.24) is 0 Å². The zero-order valence-electron chi connectivity index (χ0n) is 10.4. The van der Waals surface area contributed by atoms with Gasteiger partial charge in [0.1, 0.15) is 0 Å². The summed E-state index contributed by atoms with van der Waals surface area (Å²) in [5.41, 5.74) is 1.72. The maximum absolute atomic E-state index is 12.1. The van der Waals surface area contributed by atoms with Gasteiger partial charge in [-0.2, -0.15) is 5.26 Å². The van der Waals surface area contributed by atoms with Crippen molar-refractivity contribution in [3.05, 3.63) is 63.2 Å². The molecule has 0 aromatic heterocycles. The molecule has 2 rings (SSSR count). The number of nitriles is 1. The average Bonchev–Trinajstić information content (AvgIpc) is 2.41.